The van der Waals surface area contributed by atoms with E-state index in [9.17, 15) is 26.4 Å². The van der Waals surface area contributed by atoms with Crippen molar-refractivity contribution in [3.05, 3.63) is 77.9 Å². The monoisotopic (exact) mass is 436 g/mol. The summed E-state index contributed by atoms with van der Waals surface area (Å²) in [5, 5.41) is 3.64. The van der Waals surface area contributed by atoms with Gasteiger partial charge < -0.3 is 5.32 Å². The summed E-state index contributed by atoms with van der Waals surface area (Å²) in [6.07, 6.45) is -4.53. The van der Waals surface area contributed by atoms with E-state index in [-0.39, 0.29) is 10.5 Å². The van der Waals surface area contributed by atoms with E-state index in [1.807, 2.05) is 42.5 Å². The Bertz CT molecular complexity index is 1150. The molecule has 30 heavy (non-hydrogen) atoms. The van der Waals surface area contributed by atoms with Crippen LogP contribution in [0.5, 0.6) is 0 Å². The van der Waals surface area contributed by atoms with Crippen LogP contribution in [0.1, 0.15) is 28.9 Å². The van der Waals surface area contributed by atoms with Gasteiger partial charge in [-0.25, -0.2) is 13.1 Å². The molecule has 0 aliphatic carbocycles. The number of carbonyl (C=O) groups excluding carboxylic acids is 1. The van der Waals surface area contributed by atoms with Gasteiger partial charge in [-0.05, 0) is 47.5 Å². The number of benzene rings is 3. The van der Waals surface area contributed by atoms with Crippen LogP contribution < -0.4 is 10.0 Å². The van der Waals surface area contributed by atoms with Gasteiger partial charge in [-0.2, -0.15) is 13.2 Å². The van der Waals surface area contributed by atoms with Crippen molar-refractivity contribution in [2.24, 2.45) is 0 Å². The van der Waals surface area contributed by atoms with E-state index in [0.717, 1.165) is 16.3 Å². The zero-order chi connectivity index (χ0) is 21.9. The first-order valence-electron chi connectivity index (χ1n) is 9.02. The van der Waals surface area contributed by atoms with E-state index >= 15 is 0 Å². The molecule has 0 radical (unpaired) electrons. The molecule has 1 amide bonds. The highest BCUT2D eigenvalue weighted by Gasteiger charge is 2.28. The lowest BCUT2D eigenvalue weighted by molar-refractivity contribution is -0.123. The largest absolute Gasteiger partial charge is 0.405 e. The molecule has 0 saturated heterocycles. The number of hydrogen-bond acceptors (Lipinski definition) is 3. The second kappa shape index (κ2) is 8.45. The highest BCUT2D eigenvalue weighted by molar-refractivity contribution is 7.89. The first-order valence-corrected chi connectivity index (χ1v) is 10.5. The smallest absolute Gasteiger partial charge is 0.343 e. The molecule has 3 aromatic rings. The number of amides is 1. The summed E-state index contributed by atoms with van der Waals surface area (Å²) >= 11 is 0. The Labute approximate surface area is 172 Å². The van der Waals surface area contributed by atoms with Crippen LogP contribution in [0.25, 0.3) is 10.8 Å². The fourth-order valence-corrected chi connectivity index (χ4v) is 4.28. The van der Waals surface area contributed by atoms with Crippen molar-refractivity contribution in [2.75, 3.05) is 6.54 Å². The predicted octanol–water partition coefficient (Wildman–Crippen LogP) is 4.17. The third-order valence-corrected chi connectivity index (χ3v) is 6.05. The summed E-state index contributed by atoms with van der Waals surface area (Å²) in [6, 6.07) is 17.4. The average Bonchev–Trinajstić information content (AvgIpc) is 2.70. The van der Waals surface area contributed by atoms with Crippen LogP contribution in [0, 0.1) is 0 Å². The van der Waals surface area contributed by atoms with Crippen LogP contribution in [0.2, 0.25) is 0 Å². The highest BCUT2D eigenvalue weighted by Crippen LogP contribution is 2.25. The van der Waals surface area contributed by atoms with Crippen molar-refractivity contribution in [3.8, 4) is 0 Å². The number of halogens is 3. The molecule has 0 aliphatic heterocycles. The molecule has 0 aromatic heterocycles. The summed E-state index contributed by atoms with van der Waals surface area (Å²) < 4.78 is 64.7. The molecule has 0 heterocycles. The molecule has 0 spiro atoms. The zero-order valence-corrected chi connectivity index (χ0v) is 16.7. The molecule has 1 unspecified atom stereocenters. The van der Waals surface area contributed by atoms with Gasteiger partial charge in [-0.3, -0.25) is 4.79 Å². The molecular weight excluding hydrogens is 417 g/mol. The third kappa shape index (κ3) is 5.17. The van der Waals surface area contributed by atoms with Crippen molar-refractivity contribution < 1.29 is 26.4 Å². The van der Waals surface area contributed by atoms with E-state index in [4.69, 9.17) is 0 Å². The Morgan fingerprint density at radius 3 is 2.27 bits per heavy atom. The van der Waals surface area contributed by atoms with Crippen LogP contribution in [0.4, 0.5) is 13.2 Å². The van der Waals surface area contributed by atoms with Crippen molar-refractivity contribution in [3.63, 3.8) is 0 Å². The lowest BCUT2D eigenvalue weighted by Crippen LogP contribution is -2.33. The van der Waals surface area contributed by atoms with Gasteiger partial charge in [0.25, 0.3) is 5.91 Å². The molecular formula is C21H19F3N2O3S. The number of nitrogens with one attached hydrogen (secondary N) is 2. The topological polar surface area (TPSA) is 75.3 Å². The fourth-order valence-electron chi connectivity index (χ4n) is 3.06. The van der Waals surface area contributed by atoms with Crippen molar-refractivity contribution in [1.29, 1.82) is 0 Å². The quantitative estimate of drug-likeness (QED) is 0.609. The van der Waals surface area contributed by atoms with Crippen LogP contribution in [0.15, 0.2) is 71.6 Å². The highest BCUT2D eigenvalue weighted by atomic mass is 32.2. The van der Waals surface area contributed by atoms with Crippen LogP contribution in [-0.2, 0) is 10.0 Å². The normalized spacial score (nSPS) is 13.2. The number of hydrogen-bond donors (Lipinski definition) is 2. The zero-order valence-electron chi connectivity index (χ0n) is 15.9. The minimum atomic E-state index is -4.53. The minimum Gasteiger partial charge on any atom is -0.343 e. The van der Waals surface area contributed by atoms with Crippen LogP contribution >= 0.6 is 0 Å². The molecule has 0 fully saturated rings. The first-order chi connectivity index (χ1) is 14.1. The molecule has 3 aromatic carbocycles. The van der Waals surface area contributed by atoms with Crippen molar-refractivity contribution >= 4 is 26.7 Å². The van der Waals surface area contributed by atoms with E-state index < -0.39 is 34.7 Å². The molecule has 0 saturated carbocycles. The van der Waals surface area contributed by atoms with Crippen LogP contribution in [-0.4, -0.2) is 27.0 Å². The average molecular weight is 436 g/mol. The van der Waals surface area contributed by atoms with Gasteiger partial charge in [0.05, 0.1) is 4.90 Å². The van der Waals surface area contributed by atoms with Gasteiger partial charge in [0.15, 0.2) is 0 Å². The van der Waals surface area contributed by atoms with Crippen molar-refractivity contribution in [2.45, 2.75) is 24.0 Å². The molecule has 1 atom stereocenters. The van der Waals surface area contributed by atoms with E-state index in [2.05, 4.69) is 4.72 Å². The SMILES string of the molecule is CC(NS(=O)(=O)c1ccc(C(=O)NCC(F)(F)F)cc1)c1cccc2ccccc12. The van der Waals surface area contributed by atoms with Crippen LogP contribution in [0.3, 0.4) is 0 Å². The Balaban J connectivity index is 1.76. The van der Waals surface area contributed by atoms with Gasteiger partial charge in [0.2, 0.25) is 10.0 Å². The maximum absolute atomic E-state index is 12.7. The maximum Gasteiger partial charge on any atom is 0.405 e. The molecule has 3 rings (SSSR count). The van der Waals surface area contributed by atoms with E-state index in [1.54, 1.807) is 12.2 Å². The summed E-state index contributed by atoms with van der Waals surface area (Å²) in [4.78, 5) is 11.7. The molecule has 2 N–H and O–H groups in total. The summed E-state index contributed by atoms with van der Waals surface area (Å²) in [5.74, 6) is -0.937. The molecule has 0 bridgehead atoms. The van der Waals surface area contributed by atoms with Gasteiger partial charge >= 0.3 is 6.18 Å². The van der Waals surface area contributed by atoms with Crippen molar-refractivity contribution in [1.82, 2.24) is 10.0 Å². The van der Waals surface area contributed by atoms with E-state index in [0.29, 0.717) is 0 Å². The second-order valence-corrected chi connectivity index (χ2v) is 8.45. The predicted molar refractivity (Wildman–Crippen MR) is 108 cm³/mol. The van der Waals surface area contributed by atoms with Gasteiger partial charge in [-0.15, -0.1) is 0 Å². The fraction of sp³-hybridized carbons (Fsp3) is 0.190. The number of alkyl halides is 3. The lowest BCUT2D eigenvalue weighted by atomic mass is 10.0. The number of carbonyl (C=O) groups is 1. The Morgan fingerprint density at radius 2 is 1.60 bits per heavy atom. The lowest BCUT2D eigenvalue weighted by Gasteiger charge is -2.17. The number of sulfonamides is 1. The third-order valence-electron chi connectivity index (χ3n) is 4.50. The van der Waals surface area contributed by atoms with Gasteiger partial charge in [0.1, 0.15) is 6.54 Å². The first kappa shape index (κ1) is 21.8. The molecule has 0 aliphatic rings. The Kier molecular flexibility index (Phi) is 6.14. The molecule has 5 nitrogen and oxygen atoms in total. The maximum atomic E-state index is 12.7. The second-order valence-electron chi connectivity index (χ2n) is 6.73. The summed E-state index contributed by atoms with van der Waals surface area (Å²) in [7, 11) is -3.92. The van der Waals surface area contributed by atoms with Gasteiger partial charge in [-0.1, -0.05) is 42.5 Å². The Morgan fingerprint density at radius 1 is 0.967 bits per heavy atom. The molecule has 9 heteroatoms. The van der Waals surface area contributed by atoms with E-state index in [1.165, 1.54) is 24.3 Å². The minimum absolute atomic E-state index is 0.0692. The summed E-state index contributed by atoms with van der Waals surface area (Å²) in [5.41, 5.74) is 0.736. The summed E-state index contributed by atoms with van der Waals surface area (Å²) in [6.45, 7) is 0.258. The Hall–Kier alpha value is -2.91. The standard InChI is InChI=1S/C21H19F3N2O3S/c1-14(18-8-4-6-15-5-2-3-7-19(15)18)26-30(28,29)17-11-9-16(10-12-17)20(27)25-13-21(22,23)24/h2-12,14,26H,13H2,1H3,(H,25,27). The molecule has 158 valence electrons. The number of fused-ring (bicyclic) bond motifs is 1. The van der Waals surface area contributed by atoms with Gasteiger partial charge in [0, 0.05) is 11.6 Å². The number of rotatable bonds is 6.